The Morgan fingerprint density at radius 1 is 0.976 bits per heavy atom. The van der Waals surface area contributed by atoms with Gasteiger partial charge in [-0.2, -0.15) is 0 Å². The fourth-order valence-electron chi connectivity index (χ4n) is 6.76. The fraction of sp³-hybridized carbons (Fsp3) is 0.900. The van der Waals surface area contributed by atoms with Crippen LogP contribution in [0.2, 0.25) is 0 Å². The van der Waals surface area contributed by atoms with Crippen LogP contribution in [0.3, 0.4) is 0 Å². The van der Waals surface area contributed by atoms with E-state index in [1.54, 1.807) is 41.5 Å². The number of ether oxygens (including phenoxy) is 6. The smallest absolute Gasteiger partial charge is 0.458 e. The van der Waals surface area contributed by atoms with E-state index in [9.17, 15) is 24.6 Å². The largest absolute Gasteiger partial charge is 0.509 e. The molecule has 14 atom stereocenters. The van der Waals surface area contributed by atoms with Gasteiger partial charge in [0.1, 0.15) is 18.0 Å². The van der Waals surface area contributed by atoms with Gasteiger partial charge in [-0.1, -0.05) is 27.7 Å². The molecule has 3 heterocycles. The second-order valence-electron chi connectivity index (χ2n) is 12.8. The lowest BCUT2D eigenvalue weighted by atomic mass is 9.77. The lowest BCUT2D eigenvalue weighted by molar-refractivity contribution is -0.289. The molecule has 12 heteroatoms. The molecule has 2 N–H and O–H groups in total. The van der Waals surface area contributed by atoms with E-state index in [-0.39, 0.29) is 30.8 Å². The van der Waals surface area contributed by atoms with Crippen LogP contribution in [0.5, 0.6) is 0 Å². The topological polar surface area (TPSA) is 150 Å². The molecule has 0 saturated carbocycles. The first kappa shape index (κ1) is 34.7. The standard InChI is InChI=1S/C30H51NO11/c1-11-21-30(7)26(41-29(36)42-30)17(5)22(32)14(2)12-20(37-10)25(16(4)23(33)18(6)27(35)39-21)40-28-24(34)19(31(8)9)13-15(3)38-28/h14-21,23-26,28,33-34H,11-13H2,1-10H3. The number of rotatable bonds is 5. The van der Waals surface area contributed by atoms with E-state index in [2.05, 4.69) is 0 Å². The molecule has 0 aliphatic carbocycles. The predicted octanol–water partition coefficient (Wildman–Crippen LogP) is 2.31. The third-order valence-corrected chi connectivity index (χ3v) is 9.51. The van der Waals surface area contributed by atoms with Gasteiger partial charge in [0.05, 0.1) is 36.3 Å². The average Bonchev–Trinajstić information content (AvgIpc) is 3.26. The molecular formula is C30H51NO11. The van der Waals surface area contributed by atoms with E-state index in [1.807, 2.05) is 25.9 Å². The van der Waals surface area contributed by atoms with Crippen LogP contribution in [0.4, 0.5) is 4.79 Å². The van der Waals surface area contributed by atoms with Gasteiger partial charge in [-0.3, -0.25) is 9.59 Å². The molecule has 0 radical (unpaired) electrons. The zero-order valence-corrected chi connectivity index (χ0v) is 26.6. The Kier molecular flexibility index (Phi) is 11.4. The molecule has 3 saturated heterocycles. The van der Waals surface area contributed by atoms with Gasteiger partial charge >= 0.3 is 12.1 Å². The summed E-state index contributed by atoms with van der Waals surface area (Å²) in [6.45, 7) is 12.0. The zero-order chi connectivity index (χ0) is 31.7. The number of aliphatic hydroxyl groups excluding tert-OH is 2. The van der Waals surface area contributed by atoms with Crippen molar-refractivity contribution in [3.63, 3.8) is 0 Å². The van der Waals surface area contributed by atoms with Crippen LogP contribution in [0.15, 0.2) is 0 Å². The van der Waals surface area contributed by atoms with Gasteiger partial charge in [-0.15, -0.1) is 0 Å². The molecule has 3 aliphatic rings. The Morgan fingerprint density at radius 3 is 2.19 bits per heavy atom. The number of hydrogen-bond acceptors (Lipinski definition) is 12. The molecule has 0 aromatic heterocycles. The summed E-state index contributed by atoms with van der Waals surface area (Å²) in [6, 6.07) is -0.231. The summed E-state index contributed by atoms with van der Waals surface area (Å²) in [5, 5.41) is 22.7. The SMILES string of the molecule is CCC1OC(=O)C(C)C(O)C(C)C(OC2OC(C)CC(N(C)C)C2O)C(OC)CC(C)C(=O)C(C)C2OC(=O)OC12C. The Hall–Kier alpha value is -1.83. The van der Waals surface area contributed by atoms with Crippen molar-refractivity contribution in [1.82, 2.24) is 4.90 Å². The molecule has 0 amide bonds. The number of hydrogen-bond donors (Lipinski definition) is 2. The molecule has 42 heavy (non-hydrogen) atoms. The summed E-state index contributed by atoms with van der Waals surface area (Å²) in [7, 11) is 5.23. The second kappa shape index (κ2) is 13.9. The highest BCUT2D eigenvalue weighted by Gasteiger charge is 2.58. The van der Waals surface area contributed by atoms with Crippen molar-refractivity contribution in [3.05, 3.63) is 0 Å². The average molecular weight is 602 g/mol. The van der Waals surface area contributed by atoms with Crippen molar-refractivity contribution in [3.8, 4) is 0 Å². The summed E-state index contributed by atoms with van der Waals surface area (Å²) in [5.74, 6) is -3.95. The summed E-state index contributed by atoms with van der Waals surface area (Å²) < 4.78 is 35.2. The number of cyclic esters (lactones) is 1. The molecule has 12 nitrogen and oxygen atoms in total. The van der Waals surface area contributed by atoms with Crippen molar-refractivity contribution in [2.24, 2.45) is 23.7 Å². The van der Waals surface area contributed by atoms with Crippen molar-refractivity contribution in [1.29, 1.82) is 0 Å². The first-order valence-electron chi connectivity index (χ1n) is 15.1. The van der Waals surface area contributed by atoms with E-state index in [4.69, 9.17) is 28.4 Å². The minimum absolute atomic E-state index is 0.194. The third-order valence-electron chi connectivity index (χ3n) is 9.51. The maximum absolute atomic E-state index is 13.8. The molecular weight excluding hydrogens is 550 g/mol. The van der Waals surface area contributed by atoms with Crippen molar-refractivity contribution < 1.29 is 53.0 Å². The van der Waals surface area contributed by atoms with Crippen molar-refractivity contribution in [2.75, 3.05) is 21.2 Å². The van der Waals surface area contributed by atoms with E-state index >= 15 is 0 Å². The molecule has 0 spiro atoms. The first-order valence-corrected chi connectivity index (χ1v) is 15.1. The van der Waals surface area contributed by atoms with Crippen LogP contribution >= 0.6 is 0 Å². The fourth-order valence-corrected chi connectivity index (χ4v) is 6.76. The normalized spacial score (nSPS) is 45.9. The molecule has 0 aromatic carbocycles. The van der Waals surface area contributed by atoms with E-state index in [1.165, 1.54) is 7.11 Å². The van der Waals surface area contributed by atoms with E-state index in [0.29, 0.717) is 6.42 Å². The number of Topliss-reactive ketones (excluding diaryl/α,β-unsaturated/α-hetero) is 1. The van der Waals surface area contributed by atoms with Gasteiger partial charge in [0.2, 0.25) is 0 Å². The lowest BCUT2D eigenvalue weighted by Crippen LogP contribution is -2.57. The number of ketones is 1. The highest BCUT2D eigenvalue weighted by molar-refractivity contribution is 5.84. The number of aliphatic hydroxyl groups is 2. The van der Waals surface area contributed by atoms with E-state index in [0.717, 1.165) is 0 Å². The molecule has 14 unspecified atom stereocenters. The third kappa shape index (κ3) is 6.94. The number of nitrogens with zero attached hydrogens (tertiary/aromatic N) is 1. The minimum atomic E-state index is -1.41. The molecule has 0 bridgehead atoms. The van der Waals surface area contributed by atoms with Crippen LogP contribution in [0.1, 0.15) is 67.7 Å². The summed E-state index contributed by atoms with van der Waals surface area (Å²) in [4.78, 5) is 41.4. The van der Waals surface area contributed by atoms with Crippen LogP contribution < -0.4 is 0 Å². The van der Waals surface area contributed by atoms with Gasteiger partial charge in [0, 0.05) is 25.0 Å². The maximum Gasteiger partial charge on any atom is 0.509 e. The second-order valence-corrected chi connectivity index (χ2v) is 12.8. The summed E-state index contributed by atoms with van der Waals surface area (Å²) >= 11 is 0. The number of likely N-dealkylation sites (N-methyl/N-ethyl adjacent to an activating group) is 1. The molecule has 0 aromatic rings. The predicted molar refractivity (Wildman–Crippen MR) is 150 cm³/mol. The van der Waals surface area contributed by atoms with Gasteiger partial charge in [-0.25, -0.2) is 4.79 Å². The van der Waals surface area contributed by atoms with Gasteiger partial charge in [-0.05, 0) is 54.1 Å². The van der Waals surface area contributed by atoms with Gasteiger partial charge in [0.25, 0.3) is 0 Å². The molecule has 242 valence electrons. The van der Waals surface area contributed by atoms with Gasteiger partial charge in [0.15, 0.2) is 18.0 Å². The summed E-state index contributed by atoms with van der Waals surface area (Å²) in [6.07, 6.45) is -6.86. The Balaban J connectivity index is 2.02. The quantitative estimate of drug-likeness (QED) is 0.445. The Bertz CT molecular complexity index is 962. The van der Waals surface area contributed by atoms with Crippen LogP contribution in [-0.2, 0) is 38.0 Å². The van der Waals surface area contributed by atoms with Crippen LogP contribution in [0, 0.1) is 23.7 Å². The Labute approximate surface area is 249 Å². The number of esters is 1. The van der Waals surface area contributed by atoms with Crippen LogP contribution in [0.25, 0.3) is 0 Å². The molecule has 3 aliphatic heterocycles. The Morgan fingerprint density at radius 2 is 1.62 bits per heavy atom. The van der Waals surface area contributed by atoms with Crippen molar-refractivity contribution >= 4 is 17.9 Å². The lowest BCUT2D eigenvalue weighted by Gasteiger charge is -2.44. The molecule has 3 fully saturated rings. The monoisotopic (exact) mass is 601 g/mol. The van der Waals surface area contributed by atoms with Gasteiger partial charge < -0.3 is 43.5 Å². The highest BCUT2D eigenvalue weighted by atomic mass is 16.8. The number of carbonyl (C=O) groups excluding carboxylic acids is 3. The maximum atomic E-state index is 13.8. The summed E-state index contributed by atoms with van der Waals surface area (Å²) in [5.41, 5.74) is -1.41. The zero-order valence-electron chi connectivity index (χ0n) is 26.6. The van der Waals surface area contributed by atoms with Crippen LogP contribution in [-0.4, -0.2) is 115 Å². The van der Waals surface area contributed by atoms with Crippen molar-refractivity contribution in [2.45, 2.75) is 128 Å². The number of carbonyl (C=O) groups is 3. The molecule has 3 rings (SSSR count). The minimum Gasteiger partial charge on any atom is -0.458 e. The first-order chi connectivity index (χ1) is 19.6. The number of methoxy groups -OCH3 is 1. The highest BCUT2D eigenvalue weighted by Crippen LogP contribution is 2.40. The number of fused-ring (bicyclic) bond motifs is 1. The van der Waals surface area contributed by atoms with E-state index < -0.39 is 84.3 Å².